The zero-order valence-corrected chi connectivity index (χ0v) is 10.5. The molecule has 2 heteroatoms. The van der Waals surface area contributed by atoms with Crippen LogP contribution in [-0.4, -0.2) is 0 Å². The molecule has 0 aliphatic carbocycles. The molecule has 0 aliphatic heterocycles. The highest BCUT2D eigenvalue weighted by Crippen LogP contribution is 2.13. The van der Waals surface area contributed by atoms with Gasteiger partial charge in [-0.3, -0.25) is 0 Å². The first-order valence-electron chi connectivity index (χ1n) is 6.22. The monoisotopic (exact) mass is 245 g/mol. The summed E-state index contributed by atoms with van der Waals surface area (Å²) in [4.78, 5) is 0. The number of benzene rings is 2. The minimum absolute atomic E-state index is 0.699. The number of hydrogen-bond acceptors (Lipinski definition) is 1. The van der Waals surface area contributed by atoms with E-state index in [9.17, 15) is 0 Å². The number of rotatable bonds is 2. The minimum atomic E-state index is 0.699. The lowest BCUT2D eigenvalue weighted by Gasteiger charge is -2.00. The molecule has 0 aliphatic rings. The Labute approximate surface area is 112 Å². The van der Waals surface area contributed by atoms with Crippen molar-refractivity contribution in [1.82, 2.24) is 0 Å². The van der Waals surface area contributed by atoms with Crippen molar-refractivity contribution in [1.29, 1.82) is 5.26 Å². The van der Waals surface area contributed by atoms with Crippen LogP contribution in [-0.2, 0) is 6.54 Å². The number of nitriles is 1. The molecule has 0 N–H and O–H groups in total. The summed E-state index contributed by atoms with van der Waals surface area (Å²) >= 11 is 0. The highest BCUT2D eigenvalue weighted by atomic mass is 14.9. The largest absolute Gasteiger partial charge is 0.200 e. The van der Waals surface area contributed by atoms with Gasteiger partial charge in [-0.05, 0) is 17.5 Å². The highest BCUT2D eigenvalue weighted by Gasteiger charge is 2.05. The second kappa shape index (κ2) is 4.91. The standard InChI is InChI=1S/C17H13N2/c18-11-15-6-7-16-8-9-19(13-17(16)10-15)12-14-4-2-1-3-5-14/h1-10,13H,12H2/q+1. The van der Waals surface area contributed by atoms with E-state index < -0.39 is 0 Å². The summed E-state index contributed by atoms with van der Waals surface area (Å²) in [5, 5.41) is 11.2. The van der Waals surface area contributed by atoms with Crippen LogP contribution in [0.3, 0.4) is 0 Å². The Morgan fingerprint density at radius 3 is 2.58 bits per heavy atom. The lowest BCUT2D eigenvalue weighted by molar-refractivity contribution is -0.687. The zero-order chi connectivity index (χ0) is 13.1. The van der Waals surface area contributed by atoms with Gasteiger partial charge in [0.25, 0.3) is 0 Å². The average molecular weight is 245 g/mol. The first kappa shape index (κ1) is 11.4. The van der Waals surface area contributed by atoms with Crippen molar-refractivity contribution in [2.75, 3.05) is 0 Å². The molecule has 2 aromatic carbocycles. The smallest absolute Gasteiger partial charge is 0.177 e. The molecule has 0 atom stereocenters. The van der Waals surface area contributed by atoms with E-state index in [2.05, 4.69) is 41.2 Å². The summed E-state index contributed by atoms with van der Waals surface area (Å²) in [5.74, 6) is 0. The van der Waals surface area contributed by atoms with E-state index in [4.69, 9.17) is 5.26 Å². The molecular weight excluding hydrogens is 232 g/mol. The Balaban J connectivity index is 1.99. The van der Waals surface area contributed by atoms with Gasteiger partial charge in [-0.15, -0.1) is 0 Å². The van der Waals surface area contributed by atoms with Crippen molar-refractivity contribution >= 4 is 10.8 Å². The van der Waals surface area contributed by atoms with Crippen LogP contribution in [0.5, 0.6) is 0 Å². The third-order valence-electron chi connectivity index (χ3n) is 3.17. The summed E-state index contributed by atoms with van der Waals surface area (Å²) in [6, 6.07) is 20.4. The van der Waals surface area contributed by atoms with Gasteiger partial charge < -0.3 is 0 Å². The molecule has 0 amide bonds. The van der Waals surface area contributed by atoms with Crippen molar-refractivity contribution in [2.24, 2.45) is 0 Å². The average Bonchev–Trinajstić information content (AvgIpc) is 2.47. The lowest BCUT2D eigenvalue weighted by atomic mass is 10.1. The van der Waals surface area contributed by atoms with Crippen LogP contribution in [0.2, 0.25) is 0 Å². The molecule has 19 heavy (non-hydrogen) atoms. The summed E-state index contributed by atoms with van der Waals surface area (Å²) in [5.41, 5.74) is 1.97. The normalized spacial score (nSPS) is 10.3. The van der Waals surface area contributed by atoms with Crippen molar-refractivity contribution in [2.45, 2.75) is 6.54 Å². The Morgan fingerprint density at radius 1 is 0.947 bits per heavy atom. The Morgan fingerprint density at radius 2 is 1.79 bits per heavy atom. The van der Waals surface area contributed by atoms with Crippen LogP contribution < -0.4 is 4.57 Å². The lowest BCUT2D eigenvalue weighted by Crippen LogP contribution is -2.33. The predicted octanol–water partition coefficient (Wildman–Crippen LogP) is 3.05. The molecule has 3 rings (SSSR count). The van der Waals surface area contributed by atoms with E-state index in [-0.39, 0.29) is 0 Å². The van der Waals surface area contributed by atoms with E-state index in [0.717, 1.165) is 17.3 Å². The van der Waals surface area contributed by atoms with Gasteiger partial charge in [-0.25, -0.2) is 4.57 Å². The fourth-order valence-electron chi connectivity index (χ4n) is 2.20. The first-order chi connectivity index (χ1) is 9.35. The molecule has 0 radical (unpaired) electrons. The van der Waals surface area contributed by atoms with Gasteiger partial charge >= 0.3 is 0 Å². The summed E-state index contributed by atoms with van der Waals surface area (Å²) in [7, 11) is 0. The van der Waals surface area contributed by atoms with Crippen molar-refractivity contribution < 1.29 is 4.57 Å². The predicted molar refractivity (Wildman–Crippen MR) is 74.4 cm³/mol. The van der Waals surface area contributed by atoms with Gasteiger partial charge in [-0.1, -0.05) is 36.4 Å². The van der Waals surface area contributed by atoms with Gasteiger partial charge in [-0.2, -0.15) is 5.26 Å². The van der Waals surface area contributed by atoms with Crippen molar-refractivity contribution in [3.8, 4) is 6.07 Å². The van der Waals surface area contributed by atoms with Crippen LogP contribution in [0.25, 0.3) is 10.8 Å². The molecule has 3 aromatic rings. The van der Waals surface area contributed by atoms with Gasteiger partial charge in [0, 0.05) is 17.0 Å². The Bertz CT molecular complexity index is 755. The third-order valence-corrected chi connectivity index (χ3v) is 3.17. The molecule has 90 valence electrons. The number of nitrogens with zero attached hydrogens (tertiary/aromatic N) is 2. The molecule has 0 saturated carbocycles. The van der Waals surface area contributed by atoms with E-state index >= 15 is 0 Å². The Hall–Kier alpha value is -2.66. The van der Waals surface area contributed by atoms with E-state index in [1.807, 2.05) is 36.4 Å². The molecule has 1 heterocycles. The van der Waals surface area contributed by atoms with Crippen LogP contribution in [0.4, 0.5) is 0 Å². The first-order valence-corrected chi connectivity index (χ1v) is 6.22. The molecule has 0 fully saturated rings. The van der Waals surface area contributed by atoms with Crippen molar-refractivity contribution in [3.05, 3.63) is 78.1 Å². The van der Waals surface area contributed by atoms with Gasteiger partial charge in [0.1, 0.15) is 0 Å². The second-order valence-electron chi connectivity index (χ2n) is 4.56. The fraction of sp³-hybridized carbons (Fsp3) is 0.0588. The number of aromatic nitrogens is 1. The molecule has 0 bridgehead atoms. The number of hydrogen-bond donors (Lipinski definition) is 0. The van der Waals surface area contributed by atoms with Crippen LogP contribution in [0.15, 0.2) is 67.0 Å². The van der Waals surface area contributed by atoms with Crippen LogP contribution in [0.1, 0.15) is 11.1 Å². The molecule has 0 spiro atoms. The second-order valence-corrected chi connectivity index (χ2v) is 4.56. The topological polar surface area (TPSA) is 27.7 Å². The maximum Gasteiger partial charge on any atom is 0.177 e. The van der Waals surface area contributed by atoms with Gasteiger partial charge in [0.2, 0.25) is 0 Å². The summed E-state index contributed by atoms with van der Waals surface area (Å²) < 4.78 is 2.14. The SMILES string of the molecule is N#Cc1ccc2cc[n+](Cc3ccccc3)cc2c1. The van der Waals surface area contributed by atoms with Crippen LogP contribution in [0, 0.1) is 11.3 Å². The van der Waals surface area contributed by atoms with E-state index in [1.165, 1.54) is 5.56 Å². The zero-order valence-electron chi connectivity index (χ0n) is 10.5. The molecule has 1 aromatic heterocycles. The van der Waals surface area contributed by atoms with Gasteiger partial charge in [0.15, 0.2) is 18.9 Å². The fourth-order valence-corrected chi connectivity index (χ4v) is 2.20. The molecule has 2 nitrogen and oxygen atoms in total. The van der Waals surface area contributed by atoms with Crippen molar-refractivity contribution in [3.63, 3.8) is 0 Å². The molecular formula is C17H13N2+. The highest BCUT2D eigenvalue weighted by molar-refractivity contribution is 5.82. The molecule has 0 saturated heterocycles. The van der Waals surface area contributed by atoms with E-state index in [1.54, 1.807) is 0 Å². The quantitative estimate of drug-likeness (QED) is 0.638. The third kappa shape index (κ3) is 2.46. The van der Waals surface area contributed by atoms with E-state index in [0.29, 0.717) is 5.56 Å². The Kier molecular flexibility index (Phi) is 2.96. The maximum atomic E-state index is 8.94. The minimum Gasteiger partial charge on any atom is -0.200 e. The van der Waals surface area contributed by atoms with Gasteiger partial charge in [0.05, 0.1) is 11.6 Å². The summed E-state index contributed by atoms with van der Waals surface area (Å²) in [6.07, 6.45) is 4.16. The van der Waals surface area contributed by atoms with Crippen LogP contribution >= 0.6 is 0 Å². The number of fused-ring (bicyclic) bond motifs is 1. The number of pyridine rings is 1. The molecule has 0 unspecified atom stereocenters. The summed E-state index contributed by atoms with van der Waals surface area (Å²) in [6.45, 7) is 0.841. The maximum absolute atomic E-state index is 8.94.